The lowest BCUT2D eigenvalue weighted by molar-refractivity contribution is -0.0263. The van der Waals surface area contributed by atoms with Crippen LogP contribution in [-0.2, 0) is 4.74 Å². The van der Waals surface area contributed by atoms with Crippen LogP contribution in [0.25, 0.3) is 0 Å². The molecule has 0 amide bonds. The highest BCUT2D eigenvalue weighted by atomic mass is 16.5. The Hall–Kier alpha value is -0.0800. The van der Waals surface area contributed by atoms with Crippen molar-refractivity contribution in [1.82, 2.24) is 0 Å². The first-order valence-electron chi connectivity index (χ1n) is 7.07. The minimum absolute atomic E-state index is 0.0313. The SMILES string of the molecule is CCCC1CCC(O)C(C2CCOCC2)C1. The molecular weight excluding hydrogens is 200 g/mol. The third-order valence-electron chi connectivity index (χ3n) is 4.54. The van der Waals surface area contributed by atoms with Crippen molar-refractivity contribution in [3.05, 3.63) is 0 Å². The molecule has 0 aromatic carbocycles. The number of hydrogen-bond donors (Lipinski definition) is 1. The molecule has 1 aliphatic heterocycles. The Bertz CT molecular complexity index is 199. The normalized spacial score (nSPS) is 37.5. The predicted molar refractivity (Wildman–Crippen MR) is 65.3 cm³/mol. The van der Waals surface area contributed by atoms with E-state index in [9.17, 15) is 5.11 Å². The summed E-state index contributed by atoms with van der Waals surface area (Å²) in [6.45, 7) is 4.09. The first-order valence-corrected chi connectivity index (χ1v) is 7.07. The molecule has 2 nitrogen and oxygen atoms in total. The third kappa shape index (κ3) is 2.98. The van der Waals surface area contributed by atoms with E-state index in [1.54, 1.807) is 0 Å². The van der Waals surface area contributed by atoms with Gasteiger partial charge >= 0.3 is 0 Å². The van der Waals surface area contributed by atoms with Gasteiger partial charge in [0.2, 0.25) is 0 Å². The van der Waals surface area contributed by atoms with Gasteiger partial charge in [0, 0.05) is 13.2 Å². The first-order chi connectivity index (χ1) is 7.81. The van der Waals surface area contributed by atoms with Gasteiger partial charge in [-0.05, 0) is 49.9 Å². The molecular formula is C14H26O2. The molecule has 94 valence electrons. The van der Waals surface area contributed by atoms with Gasteiger partial charge in [-0.2, -0.15) is 0 Å². The maximum atomic E-state index is 10.2. The van der Waals surface area contributed by atoms with E-state index >= 15 is 0 Å². The molecule has 16 heavy (non-hydrogen) atoms. The summed E-state index contributed by atoms with van der Waals surface area (Å²) in [4.78, 5) is 0. The lowest BCUT2D eigenvalue weighted by Crippen LogP contribution is -2.36. The van der Waals surface area contributed by atoms with Crippen LogP contribution in [0.3, 0.4) is 0 Å². The Balaban J connectivity index is 1.89. The fourth-order valence-electron chi connectivity index (χ4n) is 3.60. The molecule has 0 aromatic rings. The van der Waals surface area contributed by atoms with Gasteiger partial charge in [-0.15, -0.1) is 0 Å². The molecule has 0 bridgehead atoms. The van der Waals surface area contributed by atoms with Gasteiger partial charge in [-0.1, -0.05) is 19.8 Å². The van der Waals surface area contributed by atoms with Gasteiger partial charge in [-0.25, -0.2) is 0 Å². The van der Waals surface area contributed by atoms with Crippen molar-refractivity contribution >= 4 is 0 Å². The Morgan fingerprint density at radius 1 is 1.12 bits per heavy atom. The molecule has 1 saturated carbocycles. The highest BCUT2D eigenvalue weighted by Gasteiger charge is 2.34. The number of aliphatic hydroxyl groups is 1. The summed E-state index contributed by atoms with van der Waals surface area (Å²) in [5.74, 6) is 2.17. The van der Waals surface area contributed by atoms with E-state index in [1.807, 2.05) is 0 Å². The zero-order valence-corrected chi connectivity index (χ0v) is 10.5. The second kappa shape index (κ2) is 6.02. The maximum absolute atomic E-state index is 10.2. The summed E-state index contributed by atoms with van der Waals surface area (Å²) < 4.78 is 5.42. The van der Waals surface area contributed by atoms with Crippen molar-refractivity contribution in [1.29, 1.82) is 0 Å². The van der Waals surface area contributed by atoms with E-state index in [4.69, 9.17) is 4.74 Å². The van der Waals surface area contributed by atoms with E-state index in [2.05, 4.69) is 6.92 Å². The molecule has 1 saturated heterocycles. The van der Waals surface area contributed by atoms with Crippen LogP contribution in [0.1, 0.15) is 51.9 Å². The van der Waals surface area contributed by atoms with Gasteiger partial charge in [0.05, 0.1) is 6.10 Å². The molecule has 3 unspecified atom stereocenters. The fraction of sp³-hybridized carbons (Fsp3) is 1.00. The van der Waals surface area contributed by atoms with Crippen molar-refractivity contribution in [2.75, 3.05) is 13.2 Å². The Morgan fingerprint density at radius 3 is 2.56 bits per heavy atom. The van der Waals surface area contributed by atoms with Crippen molar-refractivity contribution in [2.45, 2.75) is 58.0 Å². The lowest BCUT2D eigenvalue weighted by Gasteiger charge is -2.39. The van der Waals surface area contributed by atoms with E-state index in [0.717, 1.165) is 31.5 Å². The van der Waals surface area contributed by atoms with E-state index in [-0.39, 0.29) is 6.10 Å². The molecule has 0 radical (unpaired) electrons. The third-order valence-corrected chi connectivity index (χ3v) is 4.54. The summed E-state index contributed by atoms with van der Waals surface area (Å²) in [6.07, 6.45) is 8.49. The van der Waals surface area contributed by atoms with E-state index < -0.39 is 0 Å². The number of aliphatic hydroxyl groups excluding tert-OH is 1. The van der Waals surface area contributed by atoms with Crippen LogP contribution < -0.4 is 0 Å². The van der Waals surface area contributed by atoms with Gasteiger partial charge < -0.3 is 9.84 Å². The molecule has 2 aliphatic rings. The minimum atomic E-state index is -0.0313. The molecule has 1 aliphatic carbocycles. The van der Waals surface area contributed by atoms with Gasteiger partial charge in [-0.3, -0.25) is 0 Å². The van der Waals surface area contributed by atoms with Crippen LogP contribution in [0.4, 0.5) is 0 Å². The highest BCUT2D eigenvalue weighted by molar-refractivity contribution is 4.85. The standard InChI is InChI=1S/C14H26O2/c1-2-3-11-4-5-14(15)13(10-11)12-6-8-16-9-7-12/h11-15H,2-10H2,1H3. The molecule has 2 heteroatoms. The van der Waals surface area contributed by atoms with Crippen LogP contribution in [0.15, 0.2) is 0 Å². The monoisotopic (exact) mass is 226 g/mol. The van der Waals surface area contributed by atoms with Crippen molar-refractivity contribution in [3.63, 3.8) is 0 Å². The number of rotatable bonds is 3. The highest BCUT2D eigenvalue weighted by Crippen LogP contribution is 2.39. The van der Waals surface area contributed by atoms with Crippen LogP contribution in [0.5, 0.6) is 0 Å². The summed E-state index contributed by atoms with van der Waals surface area (Å²) in [5.41, 5.74) is 0. The first kappa shape index (κ1) is 12.4. The average molecular weight is 226 g/mol. The number of ether oxygens (including phenoxy) is 1. The van der Waals surface area contributed by atoms with Crippen LogP contribution >= 0.6 is 0 Å². The van der Waals surface area contributed by atoms with E-state index in [0.29, 0.717) is 5.92 Å². The van der Waals surface area contributed by atoms with Crippen LogP contribution in [0.2, 0.25) is 0 Å². The zero-order chi connectivity index (χ0) is 11.4. The van der Waals surface area contributed by atoms with Gasteiger partial charge in [0.25, 0.3) is 0 Å². The summed E-state index contributed by atoms with van der Waals surface area (Å²) in [6, 6.07) is 0. The van der Waals surface area contributed by atoms with Gasteiger partial charge in [0.15, 0.2) is 0 Å². The lowest BCUT2D eigenvalue weighted by atomic mass is 9.70. The zero-order valence-electron chi connectivity index (χ0n) is 10.5. The van der Waals surface area contributed by atoms with Crippen molar-refractivity contribution in [2.24, 2.45) is 17.8 Å². The quantitative estimate of drug-likeness (QED) is 0.801. The molecule has 2 fully saturated rings. The molecule has 2 rings (SSSR count). The second-order valence-corrected chi connectivity index (χ2v) is 5.65. The second-order valence-electron chi connectivity index (χ2n) is 5.65. The molecule has 0 aromatic heterocycles. The topological polar surface area (TPSA) is 29.5 Å². The summed E-state index contributed by atoms with van der Waals surface area (Å²) in [5, 5.41) is 10.2. The van der Waals surface area contributed by atoms with Crippen LogP contribution in [-0.4, -0.2) is 24.4 Å². The van der Waals surface area contributed by atoms with Crippen LogP contribution in [0, 0.1) is 17.8 Å². The number of hydrogen-bond acceptors (Lipinski definition) is 2. The maximum Gasteiger partial charge on any atom is 0.0571 e. The summed E-state index contributed by atoms with van der Waals surface area (Å²) in [7, 11) is 0. The van der Waals surface area contributed by atoms with Crippen molar-refractivity contribution in [3.8, 4) is 0 Å². The predicted octanol–water partition coefficient (Wildman–Crippen LogP) is 2.99. The smallest absolute Gasteiger partial charge is 0.0571 e. The van der Waals surface area contributed by atoms with E-state index in [1.165, 1.54) is 38.5 Å². The van der Waals surface area contributed by atoms with Crippen molar-refractivity contribution < 1.29 is 9.84 Å². The fourth-order valence-corrected chi connectivity index (χ4v) is 3.60. The minimum Gasteiger partial charge on any atom is -0.393 e. The average Bonchev–Trinajstić information content (AvgIpc) is 2.33. The molecule has 1 N–H and O–H groups in total. The van der Waals surface area contributed by atoms with Gasteiger partial charge in [0.1, 0.15) is 0 Å². The molecule has 1 heterocycles. The summed E-state index contributed by atoms with van der Waals surface area (Å²) >= 11 is 0. The largest absolute Gasteiger partial charge is 0.393 e. The Kier molecular flexibility index (Phi) is 4.66. The Morgan fingerprint density at radius 2 is 1.88 bits per heavy atom. The Labute approximate surface area is 99.4 Å². The molecule has 3 atom stereocenters. The molecule has 0 spiro atoms.